The summed E-state index contributed by atoms with van der Waals surface area (Å²) >= 11 is 0. The van der Waals surface area contributed by atoms with Gasteiger partial charge in [-0.15, -0.1) is 0 Å². The van der Waals surface area contributed by atoms with E-state index in [2.05, 4.69) is 32.1 Å². The standard InChI is InChI=1S/C20H25NO3.ClH/c1-14-5-6-17-16(11-14)20(2)8-7-15(12-18(20)24-17)13-19(22)23-10-9-21(3)4;/h5-8,11,13,18H,9-10,12H2,1-4H3;1H/b15-13+;. The molecule has 0 bridgehead atoms. The predicted octanol–water partition coefficient (Wildman–Crippen LogP) is 0.121. The van der Waals surface area contributed by atoms with Crippen LogP contribution in [0.5, 0.6) is 5.75 Å². The quantitative estimate of drug-likeness (QED) is 0.563. The zero-order chi connectivity index (χ0) is 17.3. The van der Waals surface area contributed by atoms with Crippen LogP contribution in [0.3, 0.4) is 0 Å². The highest BCUT2D eigenvalue weighted by Crippen LogP contribution is 2.48. The summed E-state index contributed by atoms with van der Waals surface area (Å²) in [6.45, 7) is 5.43. The van der Waals surface area contributed by atoms with E-state index in [0.29, 0.717) is 13.0 Å². The van der Waals surface area contributed by atoms with E-state index in [1.165, 1.54) is 11.1 Å². The summed E-state index contributed by atoms with van der Waals surface area (Å²) in [5, 5.41) is 0. The molecule has 5 heteroatoms. The summed E-state index contributed by atoms with van der Waals surface area (Å²) in [7, 11) is 3.90. The molecule has 1 aliphatic heterocycles. The average Bonchev–Trinajstić information content (AvgIpc) is 2.79. The highest BCUT2D eigenvalue weighted by molar-refractivity contribution is 5.83. The number of nitrogens with zero attached hydrogens (tertiary/aromatic N) is 1. The number of likely N-dealkylation sites (N-methyl/N-ethyl adjacent to an activating group) is 1. The third kappa shape index (κ3) is 4.07. The van der Waals surface area contributed by atoms with Gasteiger partial charge in [0.05, 0.1) is 5.41 Å². The second-order valence-corrected chi connectivity index (χ2v) is 7.12. The molecule has 4 nitrogen and oxygen atoms in total. The van der Waals surface area contributed by atoms with Crippen molar-refractivity contribution in [2.45, 2.75) is 31.8 Å². The lowest BCUT2D eigenvalue weighted by Crippen LogP contribution is -3.00. The summed E-state index contributed by atoms with van der Waals surface area (Å²) in [4.78, 5) is 13.9. The van der Waals surface area contributed by atoms with Gasteiger partial charge in [0.2, 0.25) is 0 Å². The molecule has 1 aromatic carbocycles. The molecule has 0 radical (unpaired) electrons. The maximum Gasteiger partial charge on any atom is 1.00 e. The fraction of sp³-hybridized carbons (Fsp3) is 0.450. The normalized spacial score (nSPS) is 25.2. The number of rotatable bonds is 4. The minimum Gasteiger partial charge on any atom is -1.00 e. The minimum atomic E-state index is -0.286. The minimum absolute atomic E-state index is 0. The summed E-state index contributed by atoms with van der Waals surface area (Å²) in [5.74, 6) is 0.666. The summed E-state index contributed by atoms with van der Waals surface area (Å²) in [6.07, 6.45) is 6.52. The Bertz CT molecular complexity index is 717. The smallest absolute Gasteiger partial charge is 1.00 e. The molecule has 2 atom stereocenters. The van der Waals surface area contributed by atoms with Crippen LogP contribution in [0.2, 0.25) is 0 Å². The van der Waals surface area contributed by atoms with Crippen molar-refractivity contribution in [3.8, 4) is 5.75 Å². The molecule has 0 saturated heterocycles. The van der Waals surface area contributed by atoms with Crippen LogP contribution in [0.1, 0.15) is 25.9 Å². The van der Waals surface area contributed by atoms with Crippen LogP contribution >= 0.6 is 0 Å². The van der Waals surface area contributed by atoms with Crippen molar-refractivity contribution >= 4 is 5.97 Å². The zero-order valence-corrected chi connectivity index (χ0v) is 16.0. The number of benzene rings is 1. The first-order chi connectivity index (χ1) is 11.4. The number of hydrogen-bond acceptors (Lipinski definition) is 4. The molecule has 25 heavy (non-hydrogen) atoms. The Labute approximate surface area is 157 Å². The Morgan fingerprint density at radius 2 is 2.24 bits per heavy atom. The van der Waals surface area contributed by atoms with Crippen molar-refractivity contribution in [3.63, 3.8) is 0 Å². The number of halogens is 1. The van der Waals surface area contributed by atoms with Gasteiger partial charge in [-0.3, -0.25) is 0 Å². The van der Waals surface area contributed by atoms with Crippen LogP contribution in [-0.2, 0) is 14.9 Å². The lowest BCUT2D eigenvalue weighted by atomic mass is 9.73. The second kappa shape index (κ2) is 7.63. The van der Waals surface area contributed by atoms with Crippen LogP contribution in [0, 0.1) is 6.92 Å². The van der Waals surface area contributed by atoms with Gasteiger partial charge in [0.15, 0.2) is 0 Å². The Morgan fingerprint density at radius 3 is 2.96 bits per heavy atom. The van der Waals surface area contributed by atoms with Gasteiger partial charge in [-0.1, -0.05) is 29.8 Å². The lowest BCUT2D eigenvalue weighted by molar-refractivity contribution is -0.138. The summed E-state index contributed by atoms with van der Waals surface area (Å²) in [6, 6.07) is 6.31. The number of aryl methyl sites for hydroxylation is 1. The summed E-state index contributed by atoms with van der Waals surface area (Å²) in [5.41, 5.74) is 3.29. The number of ether oxygens (including phenoxy) is 2. The Hall–Kier alpha value is -1.78. The van der Waals surface area contributed by atoms with E-state index < -0.39 is 0 Å². The molecule has 2 unspecified atom stereocenters. The molecule has 0 amide bonds. The second-order valence-electron chi connectivity index (χ2n) is 7.12. The van der Waals surface area contributed by atoms with Crippen molar-refractivity contribution in [1.82, 2.24) is 4.90 Å². The van der Waals surface area contributed by atoms with E-state index in [9.17, 15) is 4.79 Å². The molecule has 0 fully saturated rings. The number of fused-ring (bicyclic) bond motifs is 3. The van der Waals surface area contributed by atoms with E-state index >= 15 is 0 Å². The van der Waals surface area contributed by atoms with Gasteiger partial charge in [-0.05, 0) is 39.6 Å². The Balaban J connectivity index is 0.00000169. The fourth-order valence-corrected chi connectivity index (χ4v) is 3.26. The molecular formula is C20H26ClNO3. The molecule has 1 aliphatic carbocycles. The highest BCUT2D eigenvalue weighted by atomic mass is 35.5. The maximum absolute atomic E-state index is 11.9. The van der Waals surface area contributed by atoms with E-state index in [0.717, 1.165) is 17.9 Å². The van der Waals surface area contributed by atoms with Gasteiger partial charge in [-0.2, -0.15) is 0 Å². The molecule has 136 valence electrons. The zero-order valence-electron chi connectivity index (χ0n) is 16.2. The van der Waals surface area contributed by atoms with E-state index in [4.69, 9.17) is 9.47 Å². The van der Waals surface area contributed by atoms with Crippen LogP contribution in [0.25, 0.3) is 0 Å². The van der Waals surface area contributed by atoms with Crippen molar-refractivity contribution in [3.05, 3.63) is 53.1 Å². The number of hydrogen-bond donors (Lipinski definition) is 0. The highest BCUT2D eigenvalue weighted by Gasteiger charge is 2.45. The van der Waals surface area contributed by atoms with Gasteiger partial charge in [0.1, 0.15) is 18.5 Å². The molecule has 0 spiro atoms. The van der Waals surface area contributed by atoms with Gasteiger partial charge in [0, 0.05) is 24.6 Å². The molecule has 0 N–H and O–H groups in total. The van der Waals surface area contributed by atoms with Crippen molar-refractivity contribution < 1.29 is 28.1 Å². The van der Waals surface area contributed by atoms with Crippen LogP contribution < -0.4 is 17.1 Å². The predicted molar refractivity (Wildman–Crippen MR) is 95.4 cm³/mol. The van der Waals surface area contributed by atoms with Crippen LogP contribution in [-0.4, -0.2) is 44.2 Å². The van der Waals surface area contributed by atoms with E-state index in [-0.39, 0.29) is 31.3 Å². The van der Waals surface area contributed by atoms with Crippen molar-refractivity contribution in [2.24, 2.45) is 0 Å². The molecule has 0 aromatic heterocycles. The molecule has 1 heterocycles. The van der Waals surface area contributed by atoms with Crippen molar-refractivity contribution in [1.29, 1.82) is 0 Å². The fourth-order valence-electron chi connectivity index (χ4n) is 3.26. The van der Waals surface area contributed by atoms with Gasteiger partial charge in [0.25, 0.3) is 0 Å². The SMILES string of the molecule is Cc1ccc2c(c1)C1(C)C=C/C(=C\C(=O)OCCN(C)C)CC1O2.[Cl-].[H+]. The van der Waals surface area contributed by atoms with Crippen molar-refractivity contribution in [2.75, 3.05) is 27.2 Å². The number of carbonyl (C=O) groups is 1. The van der Waals surface area contributed by atoms with Crippen LogP contribution in [0.15, 0.2) is 42.0 Å². The first-order valence-corrected chi connectivity index (χ1v) is 8.37. The molecule has 3 rings (SSSR count). The number of allylic oxidation sites excluding steroid dienone is 1. The largest absolute Gasteiger partial charge is 1.00 e. The Morgan fingerprint density at radius 1 is 1.48 bits per heavy atom. The third-order valence-electron chi connectivity index (χ3n) is 4.80. The maximum atomic E-state index is 11.9. The first kappa shape index (κ1) is 19.5. The van der Waals surface area contributed by atoms with Gasteiger partial charge in [-0.25, -0.2) is 4.79 Å². The van der Waals surface area contributed by atoms with E-state index in [1.807, 2.05) is 31.1 Å². The van der Waals surface area contributed by atoms with Gasteiger partial charge >= 0.3 is 7.40 Å². The molecule has 2 aliphatic rings. The Kier molecular flexibility index (Phi) is 5.96. The van der Waals surface area contributed by atoms with Crippen LogP contribution in [0.4, 0.5) is 0 Å². The molecular weight excluding hydrogens is 338 g/mol. The number of esters is 1. The third-order valence-corrected chi connectivity index (χ3v) is 4.80. The topological polar surface area (TPSA) is 38.8 Å². The first-order valence-electron chi connectivity index (χ1n) is 8.37. The van der Waals surface area contributed by atoms with Gasteiger partial charge < -0.3 is 26.8 Å². The lowest BCUT2D eigenvalue weighted by Gasteiger charge is -2.31. The average molecular weight is 364 g/mol. The number of carbonyl (C=O) groups excluding carboxylic acids is 1. The molecule has 0 saturated carbocycles. The van der Waals surface area contributed by atoms with E-state index in [1.54, 1.807) is 6.08 Å². The molecule has 1 aromatic rings. The monoisotopic (exact) mass is 363 g/mol. The summed E-state index contributed by atoms with van der Waals surface area (Å²) < 4.78 is 11.4.